The van der Waals surface area contributed by atoms with Gasteiger partial charge in [-0.15, -0.1) is 0 Å². The highest BCUT2D eigenvalue weighted by atomic mass is 127. The minimum absolute atomic E-state index is 0.299. The molecule has 20 heavy (non-hydrogen) atoms. The van der Waals surface area contributed by atoms with Gasteiger partial charge in [0.2, 0.25) is 0 Å². The molecular weight excluding hydrogens is 361 g/mol. The van der Waals surface area contributed by atoms with Crippen molar-refractivity contribution < 1.29 is 5.21 Å². The van der Waals surface area contributed by atoms with Crippen molar-refractivity contribution in [2.24, 2.45) is 0 Å². The number of hydrogen-bond acceptors (Lipinski definition) is 2. The lowest BCUT2D eigenvalue weighted by Crippen LogP contribution is -2.28. The summed E-state index contributed by atoms with van der Waals surface area (Å²) < 4.78 is 0.299. The molecule has 0 saturated heterocycles. The lowest BCUT2D eigenvalue weighted by molar-refractivity contribution is -0.0987. The first-order valence-electron chi connectivity index (χ1n) is 8.82. The Bertz CT molecular complexity index is 190. The Labute approximate surface area is 140 Å². The van der Waals surface area contributed by atoms with Crippen molar-refractivity contribution in [1.29, 1.82) is 0 Å². The van der Waals surface area contributed by atoms with E-state index in [0.717, 1.165) is 25.8 Å². The normalized spacial score (nSPS) is 13.1. The zero-order chi connectivity index (χ0) is 15.1. The SMILES string of the molecule is CCCCCCCCCCCCC(I)N(O)CCCC. The van der Waals surface area contributed by atoms with Crippen molar-refractivity contribution in [2.45, 2.75) is 101 Å². The number of nitrogens with zero attached hydrogens (tertiary/aromatic N) is 1. The first-order chi connectivity index (χ1) is 9.72. The molecule has 1 unspecified atom stereocenters. The summed E-state index contributed by atoms with van der Waals surface area (Å²) in [5.41, 5.74) is 0. The van der Waals surface area contributed by atoms with Gasteiger partial charge in [0.25, 0.3) is 0 Å². The Kier molecular flexibility index (Phi) is 16.5. The summed E-state index contributed by atoms with van der Waals surface area (Å²) >= 11 is 2.37. The van der Waals surface area contributed by atoms with Crippen LogP contribution in [0.4, 0.5) is 0 Å². The van der Waals surface area contributed by atoms with Crippen LogP contribution in [0.25, 0.3) is 0 Å². The molecule has 0 saturated carbocycles. The number of hydrogen-bond donors (Lipinski definition) is 1. The fraction of sp³-hybridized carbons (Fsp3) is 1.00. The van der Waals surface area contributed by atoms with Crippen LogP contribution in [-0.2, 0) is 0 Å². The zero-order valence-electron chi connectivity index (χ0n) is 13.7. The molecule has 1 atom stereocenters. The molecule has 0 rings (SSSR count). The van der Waals surface area contributed by atoms with E-state index >= 15 is 0 Å². The molecule has 0 aliphatic carbocycles. The fourth-order valence-electron chi connectivity index (χ4n) is 2.41. The van der Waals surface area contributed by atoms with E-state index < -0.39 is 0 Å². The van der Waals surface area contributed by atoms with E-state index in [2.05, 4.69) is 36.4 Å². The third-order valence-corrected chi connectivity index (χ3v) is 5.13. The van der Waals surface area contributed by atoms with Gasteiger partial charge in [-0.2, -0.15) is 5.06 Å². The van der Waals surface area contributed by atoms with Crippen molar-refractivity contribution in [3.63, 3.8) is 0 Å². The standard InChI is InChI=1S/C17H36INO/c1-3-5-7-8-9-10-11-12-13-14-15-17(18)19(20)16-6-4-2/h17,20H,3-16H2,1-2H3. The molecule has 0 heterocycles. The summed E-state index contributed by atoms with van der Waals surface area (Å²) in [5, 5.41) is 11.3. The van der Waals surface area contributed by atoms with Gasteiger partial charge in [-0.1, -0.05) is 107 Å². The Balaban J connectivity index is 3.22. The molecule has 0 spiro atoms. The van der Waals surface area contributed by atoms with E-state index in [1.807, 2.05) is 0 Å². The minimum Gasteiger partial charge on any atom is -0.313 e. The van der Waals surface area contributed by atoms with Gasteiger partial charge in [0.05, 0.1) is 4.05 Å². The quantitative estimate of drug-likeness (QED) is 0.111. The minimum atomic E-state index is 0.299. The zero-order valence-corrected chi connectivity index (χ0v) is 15.9. The Morgan fingerprint density at radius 3 is 1.70 bits per heavy atom. The number of halogens is 1. The smallest absolute Gasteiger partial charge is 0.0863 e. The molecule has 122 valence electrons. The molecule has 0 aliphatic heterocycles. The van der Waals surface area contributed by atoms with E-state index in [1.165, 1.54) is 69.3 Å². The van der Waals surface area contributed by atoms with Gasteiger partial charge in [-0.3, -0.25) is 0 Å². The van der Waals surface area contributed by atoms with Crippen molar-refractivity contribution in [2.75, 3.05) is 6.54 Å². The predicted molar refractivity (Wildman–Crippen MR) is 97.7 cm³/mol. The van der Waals surface area contributed by atoms with Crippen LogP contribution in [0.15, 0.2) is 0 Å². The van der Waals surface area contributed by atoms with Gasteiger partial charge in [-0.05, 0) is 12.8 Å². The van der Waals surface area contributed by atoms with E-state index in [4.69, 9.17) is 0 Å². The maximum absolute atomic E-state index is 9.82. The highest BCUT2D eigenvalue weighted by molar-refractivity contribution is 14.1. The van der Waals surface area contributed by atoms with Crippen LogP contribution in [0.5, 0.6) is 0 Å². The second kappa shape index (κ2) is 16.0. The lowest BCUT2D eigenvalue weighted by Gasteiger charge is -2.20. The van der Waals surface area contributed by atoms with E-state index in [1.54, 1.807) is 0 Å². The number of unbranched alkanes of at least 4 members (excludes halogenated alkanes) is 10. The van der Waals surface area contributed by atoms with Crippen LogP contribution in [0.3, 0.4) is 0 Å². The lowest BCUT2D eigenvalue weighted by atomic mass is 10.1. The van der Waals surface area contributed by atoms with Gasteiger partial charge < -0.3 is 5.21 Å². The van der Waals surface area contributed by atoms with E-state index in [9.17, 15) is 5.21 Å². The van der Waals surface area contributed by atoms with Gasteiger partial charge in [-0.25, -0.2) is 0 Å². The molecule has 3 heteroatoms. The molecule has 0 aromatic rings. The molecule has 1 N–H and O–H groups in total. The van der Waals surface area contributed by atoms with Gasteiger partial charge >= 0.3 is 0 Å². The molecule has 0 bridgehead atoms. The Hall–Kier alpha value is 0.650. The average Bonchev–Trinajstić information content (AvgIpc) is 2.46. The number of hydroxylamine groups is 2. The Morgan fingerprint density at radius 1 is 0.750 bits per heavy atom. The molecule has 2 nitrogen and oxygen atoms in total. The second-order valence-electron chi connectivity index (χ2n) is 5.92. The maximum Gasteiger partial charge on any atom is 0.0863 e. The van der Waals surface area contributed by atoms with Crippen LogP contribution >= 0.6 is 22.6 Å². The van der Waals surface area contributed by atoms with Crippen LogP contribution in [0.1, 0.15) is 97.3 Å². The van der Waals surface area contributed by atoms with Crippen LogP contribution in [0.2, 0.25) is 0 Å². The summed E-state index contributed by atoms with van der Waals surface area (Å²) in [4.78, 5) is 0. The topological polar surface area (TPSA) is 23.5 Å². The van der Waals surface area contributed by atoms with Crippen molar-refractivity contribution in [3.05, 3.63) is 0 Å². The second-order valence-corrected chi connectivity index (χ2v) is 7.36. The monoisotopic (exact) mass is 397 g/mol. The van der Waals surface area contributed by atoms with Gasteiger partial charge in [0, 0.05) is 6.54 Å². The van der Waals surface area contributed by atoms with Gasteiger partial charge in [0.1, 0.15) is 0 Å². The van der Waals surface area contributed by atoms with Crippen LogP contribution in [-0.4, -0.2) is 20.9 Å². The first kappa shape index (κ1) is 20.6. The van der Waals surface area contributed by atoms with Crippen molar-refractivity contribution in [3.8, 4) is 0 Å². The van der Waals surface area contributed by atoms with Crippen molar-refractivity contribution >= 4 is 22.6 Å². The van der Waals surface area contributed by atoms with Crippen LogP contribution in [0, 0.1) is 0 Å². The molecule has 0 radical (unpaired) electrons. The van der Waals surface area contributed by atoms with Crippen LogP contribution < -0.4 is 0 Å². The number of alkyl halides is 1. The third kappa shape index (κ3) is 13.6. The number of rotatable bonds is 15. The average molecular weight is 397 g/mol. The highest BCUT2D eigenvalue weighted by Gasteiger charge is 2.11. The predicted octanol–water partition coefficient (Wildman–Crippen LogP) is 6.55. The summed E-state index contributed by atoms with van der Waals surface area (Å²) in [7, 11) is 0. The molecule has 0 aromatic carbocycles. The fourth-order valence-corrected chi connectivity index (χ4v) is 3.13. The highest BCUT2D eigenvalue weighted by Crippen LogP contribution is 2.17. The maximum atomic E-state index is 9.82. The third-order valence-electron chi connectivity index (χ3n) is 3.86. The van der Waals surface area contributed by atoms with E-state index in [0.29, 0.717) is 4.05 Å². The summed E-state index contributed by atoms with van der Waals surface area (Å²) in [6, 6.07) is 0. The summed E-state index contributed by atoms with van der Waals surface area (Å²) in [5.74, 6) is 0. The summed E-state index contributed by atoms with van der Waals surface area (Å²) in [6.45, 7) is 5.26. The summed E-state index contributed by atoms with van der Waals surface area (Å²) in [6.07, 6.45) is 17.2. The molecular formula is C17H36INO. The van der Waals surface area contributed by atoms with Gasteiger partial charge in [0.15, 0.2) is 0 Å². The van der Waals surface area contributed by atoms with Crippen molar-refractivity contribution in [1.82, 2.24) is 5.06 Å². The molecule has 0 amide bonds. The largest absolute Gasteiger partial charge is 0.313 e. The molecule has 0 aromatic heterocycles. The molecule has 0 aliphatic rings. The Morgan fingerprint density at radius 2 is 1.20 bits per heavy atom. The molecule has 0 fully saturated rings. The van der Waals surface area contributed by atoms with E-state index in [-0.39, 0.29) is 0 Å². The first-order valence-corrected chi connectivity index (χ1v) is 10.1.